The van der Waals surface area contributed by atoms with Crippen LogP contribution < -0.4 is 15.5 Å². The van der Waals surface area contributed by atoms with Crippen LogP contribution in [-0.4, -0.2) is 37.4 Å². The van der Waals surface area contributed by atoms with E-state index in [0.29, 0.717) is 32.0 Å². The van der Waals surface area contributed by atoms with E-state index in [0.717, 1.165) is 18.5 Å². The van der Waals surface area contributed by atoms with Crippen LogP contribution in [0.1, 0.15) is 44.9 Å². The van der Waals surface area contributed by atoms with Crippen LogP contribution in [0.25, 0.3) is 0 Å². The zero-order chi connectivity index (χ0) is 19.1. The molecular formula is C21H29N3O3. The number of carbonyl (C=O) groups is 3. The summed E-state index contributed by atoms with van der Waals surface area (Å²) in [6, 6.07) is 9.41. The van der Waals surface area contributed by atoms with Gasteiger partial charge in [-0.3, -0.25) is 14.4 Å². The molecule has 1 aliphatic heterocycles. The van der Waals surface area contributed by atoms with Crippen LogP contribution in [0, 0.1) is 11.8 Å². The molecule has 3 rings (SSSR count). The summed E-state index contributed by atoms with van der Waals surface area (Å²) in [5.74, 6) is 0.102. The summed E-state index contributed by atoms with van der Waals surface area (Å²) >= 11 is 0. The van der Waals surface area contributed by atoms with Gasteiger partial charge in [-0.25, -0.2) is 0 Å². The highest BCUT2D eigenvalue weighted by molar-refractivity contribution is 6.00. The molecule has 1 aromatic rings. The summed E-state index contributed by atoms with van der Waals surface area (Å²) in [4.78, 5) is 38.2. The SMILES string of the molecule is O=C(CC1CCCCC1)NCCNC(=O)C1CC(=O)N(c2ccccc2)C1. The van der Waals surface area contributed by atoms with Crippen molar-refractivity contribution in [2.45, 2.75) is 44.9 Å². The van der Waals surface area contributed by atoms with Crippen molar-refractivity contribution in [3.8, 4) is 0 Å². The van der Waals surface area contributed by atoms with E-state index in [1.807, 2.05) is 30.3 Å². The van der Waals surface area contributed by atoms with Gasteiger partial charge in [-0.15, -0.1) is 0 Å². The molecule has 0 aromatic heterocycles. The molecule has 1 aliphatic carbocycles. The maximum atomic E-state index is 12.3. The van der Waals surface area contributed by atoms with Crippen LogP contribution in [0.2, 0.25) is 0 Å². The van der Waals surface area contributed by atoms with Gasteiger partial charge in [0.2, 0.25) is 17.7 Å². The molecule has 2 fully saturated rings. The minimum absolute atomic E-state index is 0.0258. The monoisotopic (exact) mass is 371 g/mol. The number of benzene rings is 1. The lowest BCUT2D eigenvalue weighted by Gasteiger charge is -2.20. The first-order chi connectivity index (χ1) is 13.1. The van der Waals surface area contributed by atoms with Crippen molar-refractivity contribution < 1.29 is 14.4 Å². The number of amides is 3. The van der Waals surface area contributed by atoms with Crippen LogP contribution in [-0.2, 0) is 14.4 Å². The van der Waals surface area contributed by atoms with E-state index < -0.39 is 0 Å². The number of hydrogen-bond acceptors (Lipinski definition) is 3. The molecule has 6 nitrogen and oxygen atoms in total. The van der Waals surface area contributed by atoms with Gasteiger partial charge < -0.3 is 15.5 Å². The number of rotatable bonds is 7. The van der Waals surface area contributed by atoms with Crippen molar-refractivity contribution in [1.29, 1.82) is 0 Å². The predicted molar refractivity (Wildman–Crippen MR) is 104 cm³/mol. The van der Waals surface area contributed by atoms with Gasteiger partial charge in [0.25, 0.3) is 0 Å². The Balaban J connectivity index is 1.35. The zero-order valence-corrected chi connectivity index (χ0v) is 15.8. The molecule has 3 amide bonds. The Morgan fingerprint density at radius 2 is 1.70 bits per heavy atom. The number of carbonyl (C=O) groups excluding carboxylic acids is 3. The number of anilines is 1. The Morgan fingerprint density at radius 1 is 1.00 bits per heavy atom. The van der Waals surface area contributed by atoms with Crippen molar-refractivity contribution in [3.63, 3.8) is 0 Å². The Morgan fingerprint density at radius 3 is 2.44 bits per heavy atom. The van der Waals surface area contributed by atoms with E-state index in [4.69, 9.17) is 0 Å². The standard InChI is InChI=1S/C21H29N3O3/c25-19(13-16-7-3-1-4-8-16)22-11-12-23-21(27)17-14-20(26)24(15-17)18-9-5-2-6-10-18/h2,5-6,9-10,16-17H,1,3-4,7-8,11-15H2,(H,22,25)(H,23,27). The molecule has 1 saturated heterocycles. The number of nitrogens with one attached hydrogen (secondary N) is 2. The summed E-state index contributed by atoms with van der Waals surface area (Å²) < 4.78 is 0. The van der Waals surface area contributed by atoms with E-state index >= 15 is 0 Å². The lowest BCUT2D eigenvalue weighted by atomic mass is 9.87. The molecule has 146 valence electrons. The van der Waals surface area contributed by atoms with Gasteiger partial charge in [-0.05, 0) is 30.9 Å². The highest BCUT2D eigenvalue weighted by Gasteiger charge is 2.34. The molecule has 0 spiro atoms. The largest absolute Gasteiger partial charge is 0.354 e. The topological polar surface area (TPSA) is 78.5 Å². The van der Waals surface area contributed by atoms with Gasteiger partial charge in [0, 0.05) is 38.2 Å². The predicted octanol–water partition coefficient (Wildman–Crippen LogP) is 2.24. The molecule has 0 radical (unpaired) electrons. The van der Waals surface area contributed by atoms with Gasteiger partial charge in [-0.2, -0.15) is 0 Å². The van der Waals surface area contributed by atoms with Crippen molar-refractivity contribution in [1.82, 2.24) is 10.6 Å². The van der Waals surface area contributed by atoms with Crippen LogP contribution in [0.4, 0.5) is 5.69 Å². The van der Waals surface area contributed by atoms with Crippen molar-refractivity contribution in [2.24, 2.45) is 11.8 Å². The Kier molecular flexibility index (Phi) is 6.85. The molecule has 1 heterocycles. The number of nitrogens with zero attached hydrogens (tertiary/aromatic N) is 1. The average molecular weight is 371 g/mol. The Labute approximate surface area is 160 Å². The third-order valence-corrected chi connectivity index (χ3v) is 5.51. The van der Waals surface area contributed by atoms with E-state index in [-0.39, 0.29) is 30.1 Å². The molecule has 1 atom stereocenters. The van der Waals surface area contributed by atoms with Crippen molar-refractivity contribution >= 4 is 23.4 Å². The fraction of sp³-hybridized carbons (Fsp3) is 0.571. The van der Waals surface area contributed by atoms with Gasteiger partial charge in [-0.1, -0.05) is 37.5 Å². The second-order valence-electron chi connectivity index (χ2n) is 7.59. The average Bonchev–Trinajstić information content (AvgIpc) is 3.08. The minimum Gasteiger partial charge on any atom is -0.354 e. The Bertz CT molecular complexity index is 656. The fourth-order valence-electron chi connectivity index (χ4n) is 4.00. The molecule has 2 N–H and O–H groups in total. The molecule has 2 aliphatic rings. The maximum absolute atomic E-state index is 12.3. The smallest absolute Gasteiger partial charge is 0.227 e. The van der Waals surface area contributed by atoms with Crippen LogP contribution >= 0.6 is 0 Å². The zero-order valence-electron chi connectivity index (χ0n) is 15.8. The normalized spacial score (nSPS) is 20.5. The summed E-state index contributed by atoms with van der Waals surface area (Å²) in [5.41, 5.74) is 0.827. The molecule has 1 saturated carbocycles. The summed E-state index contributed by atoms with van der Waals surface area (Å²) in [6.45, 7) is 1.23. The van der Waals surface area contributed by atoms with E-state index in [2.05, 4.69) is 10.6 Å². The molecule has 1 unspecified atom stereocenters. The number of hydrogen-bond donors (Lipinski definition) is 2. The second kappa shape index (κ2) is 9.53. The van der Waals surface area contributed by atoms with E-state index in [9.17, 15) is 14.4 Å². The molecular weight excluding hydrogens is 342 g/mol. The summed E-state index contributed by atoms with van der Waals surface area (Å²) in [5, 5.41) is 5.73. The van der Waals surface area contributed by atoms with E-state index in [1.54, 1.807) is 4.90 Å². The van der Waals surface area contributed by atoms with Crippen LogP contribution in [0.3, 0.4) is 0 Å². The third-order valence-electron chi connectivity index (χ3n) is 5.51. The first-order valence-corrected chi connectivity index (χ1v) is 10.0. The lowest BCUT2D eigenvalue weighted by molar-refractivity contribution is -0.126. The van der Waals surface area contributed by atoms with Gasteiger partial charge >= 0.3 is 0 Å². The van der Waals surface area contributed by atoms with Gasteiger partial charge in [0.05, 0.1) is 5.92 Å². The van der Waals surface area contributed by atoms with Crippen molar-refractivity contribution in [3.05, 3.63) is 30.3 Å². The summed E-state index contributed by atoms with van der Waals surface area (Å²) in [7, 11) is 0. The highest BCUT2D eigenvalue weighted by Crippen LogP contribution is 2.26. The second-order valence-corrected chi connectivity index (χ2v) is 7.59. The lowest BCUT2D eigenvalue weighted by Crippen LogP contribution is -2.38. The highest BCUT2D eigenvalue weighted by atomic mass is 16.2. The van der Waals surface area contributed by atoms with E-state index in [1.165, 1.54) is 19.3 Å². The molecule has 0 bridgehead atoms. The van der Waals surface area contributed by atoms with Crippen LogP contribution in [0.15, 0.2) is 30.3 Å². The van der Waals surface area contributed by atoms with Crippen LogP contribution in [0.5, 0.6) is 0 Å². The first kappa shape index (κ1) is 19.4. The maximum Gasteiger partial charge on any atom is 0.227 e. The Hall–Kier alpha value is -2.37. The third kappa shape index (κ3) is 5.55. The number of para-hydroxylation sites is 1. The van der Waals surface area contributed by atoms with Gasteiger partial charge in [0.1, 0.15) is 0 Å². The molecule has 27 heavy (non-hydrogen) atoms. The molecule has 1 aromatic carbocycles. The molecule has 6 heteroatoms. The minimum atomic E-state index is -0.337. The first-order valence-electron chi connectivity index (χ1n) is 10.0. The fourth-order valence-corrected chi connectivity index (χ4v) is 4.00. The quantitative estimate of drug-likeness (QED) is 0.722. The summed E-state index contributed by atoms with van der Waals surface area (Å²) in [6.07, 6.45) is 6.87. The van der Waals surface area contributed by atoms with Gasteiger partial charge in [0.15, 0.2) is 0 Å². The van der Waals surface area contributed by atoms with Crippen molar-refractivity contribution in [2.75, 3.05) is 24.5 Å².